The third-order valence-corrected chi connectivity index (χ3v) is 6.78. The van der Waals surface area contributed by atoms with Gasteiger partial charge in [-0.05, 0) is 47.9 Å². The number of rotatable bonds is 6. The summed E-state index contributed by atoms with van der Waals surface area (Å²) in [5.41, 5.74) is 5.88. The maximum Gasteiger partial charge on any atom is 0.283 e. The van der Waals surface area contributed by atoms with Gasteiger partial charge in [-0.2, -0.15) is 0 Å². The van der Waals surface area contributed by atoms with Crippen LogP contribution in [-0.2, 0) is 9.59 Å². The highest BCUT2D eigenvalue weighted by Gasteiger charge is 2.33. The number of carbonyl (C=O) groups excluding carboxylic acids is 3. The molecule has 2 N–H and O–H groups in total. The topological polar surface area (TPSA) is 100 Å². The van der Waals surface area contributed by atoms with E-state index in [2.05, 4.69) is 15.8 Å². The molecule has 3 amide bonds. The van der Waals surface area contributed by atoms with Crippen LogP contribution in [-0.4, -0.2) is 35.8 Å². The van der Waals surface area contributed by atoms with Crippen molar-refractivity contribution in [2.24, 2.45) is 4.99 Å². The summed E-state index contributed by atoms with van der Waals surface area (Å²) in [6, 6.07) is 17.2. The summed E-state index contributed by atoms with van der Waals surface area (Å²) in [5.74, 6) is -0.866. The number of hydrogen-bond donors (Lipinski definition) is 2. The van der Waals surface area contributed by atoms with Crippen molar-refractivity contribution in [2.45, 2.75) is 0 Å². The van der Waals surface area contributed by atoms with Crippen LogP contribution in [0.5, 0.6) is 5.75 Å². The van der Waals surface area contributed by atoms with Crippen molar-refractivity contribution >= 4 is 69.4 Å². The number of amidine groups is 1. The van der Waals surface area contributed by atoms with Gasteiger partial charge in [-0.3, -0.25) is 30.1 Å². The lowest BCUT2D eigenvalue weighted by Crippen LogP contribution is -2.43. The van der Waals surface area contributed by atoms with Crippen molar-refractivity contribution < 1.29 is 19.1 Å². The summed E-state index contributed by atoms with van der Waals surface area (Å²) in [6.07, 6.45) is 1.69. The number of thiophene rings is 1. The summed E-state index contributed by atoms with van der Waals surface area (Å²) in [7, 11) is 1.50. The SMILES string of the molecule is COc1ccc(N2C(=O)/C(=C\c3cccs3)N=C2SCC(=O)NNC(=O)c2ccccc2)cc1Cl. The molecule has 0 atom stereocenters. The Morgan fingerprint density at radius 2 is 1.94 bits per heavy atom. The Balaban J connectivity index is 1.49. The van der Waals surface area contributed by atoms with E-state index < -0.39 is 11.8 Å². The largest absolute Gasteiger partial charge is 0.495 e. The molecule has 0 saturated carbocycles. The highest BCUT2D eigenvalue weighted by molar-refractivity contribution is 8.14. The van der Waals surface area contributed by atoms with Gasteiger partial charge in [0, 0.05) is 10.4 Å². The first-order valence-corrected chi connectivity index (χ1v) is 12.5. The third kappa shape index (κ3) is 5.91. The van der Waals surface area contributed by atoms with Gasteiger partial charge in [-0.25, -0.2) is 4.99 Å². The fraction of sp³-hybridized carbons (Fsp3) is 0.0833. The minimum Gasteiger partial charge on any atom is -0.495 e. The standard InChI is InChI=1S/C24H19ClN4O4S2/c1-33-20-10-9-16(12-18(20)25)29-23(32)19(13-17-8-5-11-34-17)26-24(29)35-14-21(30)27-28-22(31)15-6-3-2-4-7-15/h2-13H,14H2,1H3,(H,27,30)(H,28,31)/b19-13+. The molecule has 0 aliphatic carbocycles. The van der Waals surface area contributed by atoms with Gasteiger partial charge >= 0.3 is 0 Å². The zero-order valence-electron chi connectivity index (χ0n) is 18.4. The molecule has 1 aromatic heterocycles. The molecule has 1 aliphatic heterocycles. The van der Waals surface area contributed by atoms with Crippen LogP contribution in [0.2, 0.25) is 5.02 Å². The highest BCUT2D eigenvalue weighted by Crippen LogP contribution is 2.34. The van der Waals surface area contributed by atoms with E-state index >= 15 is 0 Å². The lowest BCUT2D eigenvalue weighted by atomic mass is 10.2. The summed E-state index contributed by atoms with van der Waals surface area (Å²) < 4.78 is 5.20. The molecular formula is C24H19ClN4O4S2. The Bertz CT molecular complexity index is 1310. The number of hydrazine groups is 1. The van der Waals surface area contributed by atoms with E-state index in [1.165, 1.54) is 23.3 Å². The maximum atomic E-state index is 13.2. The summed E-state index contributed by atoms with van der Waals surface area (Å²) >= 11 is 8.81. The second-order valence-corrected chi connectivity index (χ2v) is 9.38. The van der Waals surface area contributed by atoms with Crippen LogP contribution < -0.4 is 20.5 Å². The number of nitrogens with zero attached hydrogens (tertiary/aromatic N) is 2. The van der Waals surface area contributed by atoms with E-state index in [-0.39, 0.29) is 17.4 Å². The van der Waals surface area contributed by atoms with E-state index in [9.17, 15) is 14.4 Å². The van der Waals surface area contributed by atoms with Crippen LogP contribution in [0.25, 0.3) is 6.08 Å². The number of benzene rings is 2. The smallest absolute Gasteiger partial charge is 0.283 e. The van der Waals surface area contributed by atoms with Gasteiger partial charge in [0.1, 0.15) is 11.4 Å². The monoisotopic (exact) mass is 526 g/mol. The van der Waals surface area contributed by atoms with Crippen LogP contribution >= 0.6 is 34.7 Å². The molecule has 0 saturated heterocycles. The average molecular weight is 527 g/mol. The first kappa shape index (κ1) is 24.5. The van der Waals surface area contributed by atoms with E-state index in [0.717, 1.165) is 16.6 Å². The fourth-order valence-corrected chi connectivity index (χ4v) is 4.79. The minimum atomic E-state index is -0.460. The van der Waals surface area contributed by atoms with Gasteiger partial charge < -0.3 is 4.74 Å². The van der Waals surface area contributed by atoms with Crippen LogP contribution in [0.4, 0.5) is 5.69 Å². The molecular weight excluding hydrogens is 508 g/mol. The molecule has 1 aliphatic rings. The number of halogens is 1. The average Bonchev–Trinajstić information content (AvgIpc) is 3.49. The molecule has 8 nitrogen and oxygen atoms in total. The van der Waals surface area contributed by atoms with Crippen molar-refractivity contribution in [1.82, 2.24) is 10.9 Å². The van der Waals surface area contributed by atoms with Crippen LogP contribution in [0.15, 0.2) is 76.7 Å². The lowest BCUT2D eigenvalue weighted by Gasteiger charge is -2.18. The number of methoxy groups -OCH3 is 1. The summed E-state index contributed by atoms with van der Waals surface area (Å²) in [4.78, 5) is 44.5. The predicted molar refractivity (Wildman–Crippen MR) is 140 cm³/mol. The molecule has 11 heteroatoms. The van der Waals surface area contributed by atoms with Crippen LogP contribution in [0, 0.1) is 0 Å². The number of aliphatic imine (C=N–C) groups is 1. The minimum absolute atomic E-state index is 0.0894. The van der Waals surface area contributed by atoms with Crippen LogP contribution in [0.1, 0.15) is 15.2 Å². The molecule has 2 aromatic carbocycles. The molecule has 35 heavy (non-hydrogen) atoms. The van der Waals surface area contributed by atoms with Gasteiger partial charge in [0.15, 0.2) is 5.17 Å². The van der Waals surface area contributed by atoms with E-state index in [4.69, 9.17) is 16.3 Å². The number of amides is 3. The van der Waals surface area contributed by atoms with E-state index in [0.29, 0.717) is 27.2 Å². The molecule has 2 heterocycles. The van der Waals surface area contributed by atoms with Gasteiger partial charge in [0.05, 0.1) is 23.6 Å². The molecule has 4 rings (SSSR count). The van der Waals surface area contributed by atoms with E-state index in [1.807, 2.05) is 17.5 Å². The zero-order valence-corrected chi connectivity index (χ0v) is 20.7. The van der Waals surface area contributed by atoms with Gasteiger partial charge in [-0.15, -0.1) is 11.3 Å². The molecule has 0 spiro atoms. The molecule has 0 bridgehead atoms. The van der Waals surface area contributed by atoms with Gasteiger partial charge in [0.2, 0.25) is 5.91 Å². The summed E-state index contributed by atoms with van der Waals surface area (Å²) in [6.45, 7) is 0. The Kier molecular flexibility index (Phi) is 7.86. The Morgan fingerprint density at radius 3 is 2.63 bits per heavy atom. The van der Waals surface area contributed by atoms with Crippen molar-refractivity contribution in [2.75, 3.05) is 17.8 Å². The first-order valence-electron chi connectivity index (χ1n) is 10.2. The highest BCUT2D eigenvalue weighted by atomic mass is 35.5. The number of anilines is 1. The Labute approximate surface area is 214 Å². The van der Waals surface area contributed by atoms with Gasteiger partial charge in [0.25, 0.3) is 11.8 Å². The molecule has 0 radical (unpaired) electrons. The number of hydrogen-bond acceptors (Lipinski definition) is 7. The Morgan fingerprint density at radius 1 is 1.14 bits per heavy atom. The van der Waals surface area contributed by atoms with E-state index in [1.54, 1.807) is 54.6 Å². The van der Waals surface area contributed by atoms with Crippen molar-refractivity contribution in [3.05, 3.63) is 87.2 Å². The second kappa shape index (κ2) is 11.2. The number of carbonyl (C=O) groups is 3. The van der Waals surface area contributed by atoms with Crippen molar-refractivity contribution in [1.29, 1.82) is 0 Å². The zero-order chi connectivity index (χ0) is 24.8. The number of ether oxygens (including phenoxy) is 1. The van der Waals surface area contributed by atoms with Crippen LogP contribution in [0.3, 0.4) is 0 Å². The number of nitrogens with one attached hydrogen (secondary N) is 2. The Hall–Kier alpha value is -3.60. The van der Waals surface area contributed by atoms with Crippen molar-refractivity contribution in [3.8, 4) is 5.75 Å². The lowest BCUT2D eigenvalue weighted by molar-refractivity contribution is -0.119. The molecule has 0 fully saturated rings. The second-order valence-electron chi connectivity index (χ2n) is 7.06. The maximum absolute atomic E-state index is 13.2. The molecule has 0 unspecified atom stereocenters. The third-order valence-electron chi connectivity index (χ3n) is 4.73. The van der Waals surface area contributed by atoms with Gasteiger partial charge in [-0.1, -0.05) is 47.6 Å². The molecule has 178 valence electrons. The molecule has 3 aromatic rings. The first-order chi connectivity index (χ1) is 17.0. The predicted octanol–water partition coefficient (Wildman–Crippen LogP) is 4.35. The fourth-order valence-electron chi connectivity index (χ4n) is 3.08. The summed E-state index contributed by atoms with van der Waals surface area (Å²) in [5, 5.41) is 2.54. The van der Waals surface area contributed by atoms with Crippen molar-refractivity contribution in [3.63, 3.8) is 0 Å². The number of thioether (sulfide) groups is 1. The quantitative estimate of drug-likeness (QED) is 0.367. The normalized spacial score (nSPS) is 14.1.